The van der Waals surface area contributed by atoms with Gasteiger partial charge in [-0.3, -0.25) is 4.79 Å². The Balaban J connectivity index is 1.74. The molecule has 1 amide bonds. The minimum Gasteiger partial charge on any atom is -0.326 e. The highest BCUT2D eigenvalue weighted by atomic mass is 16.1. The third kappa shape index (κ3) is 3.07. The van der Waals surface area contributed by atoms with Gasteiger partial charge in [0.1, 0.15) is 5.52 Å². The van der Waals surface area contributed by atoms with Crippen LogP contribution in [0.4, 0.5) is 0 Å². The Hall–Kier alpha value is -3.47. The summed E-state index contributed by atoms with van der Waals surface area (Å²) in [5, 5.41) is 11.6. The number of carbonyl (C=O) groups excluding carboxylic acids is 1. The van der Waals surface area contributed by atoms with E-state index in [9.17, 15) is 4.79 Å². The van der Waals surface area contributed by atoms with E-state index in [1.54, 1.807) is 4.68 Å². The maximum Gasteiger partial charge on any atom is 0.253 e. The summed E-state index contributed by atoms with van der Waals surface area (Å²) in [4.78, 5) is 12.8. The van der Waals surface area contributed by atoms with Gasteiger partial charge in [0.2, 0.25) is 0 Å². The van der Waals surface area contributed by atoms with E-state index < -0.39 is 6.17 Å². The molecule has 0 saturated carbocycles. The van der Waals surface area contributed by atoms with Crippen molar-refractivity contribution >= 4 is 16.9 Å². The molecule has 0 aliphatic heterocycles. The first kappa shape index (κ1) is 16.0. The number of benzene rings is 3. The highest BCUT2D eigenvalue weighted by Crippen LogP contribution is 2.20. The molecule has 4 rings (SSSR count). The Morgan fingerprint density at radius 3 is 2.38 bits per heavy atom. The molecule has 1 atom stereocenters. The average Bonchev–Trinajstić information content (AvgIpc) is 3.11. The molecule has 0 spiro atoms. The van der Waals surface area contributed by atoms with E-state index in [0.717, 1.165) is 22.2 Å². The van der Waals surface area contributed by atoms with E-state index in [-0.39, 0.29) is 5.91 Å². The summed E-state index contributed by atoms with van der Waals surface area (Å²) in [7, 11) is 0. The van der Waals surface area contributed by atoms with E-state index in [2.05, 4.69) is 15.6 Å². The second kappa shape index (κ2) is 6.80. The number of carbonyl (C=O) groups is 1. The van der Waals surface area contributed by atoms with Crippen LogP contribution < -0.4 is 5.32 Å². The zero-order chi connectivity index (χ0) is 17.9. The predicted molar refractivity (Wildman–Crippen MR) is 101 cm³/mol. The molecule has 5 heteroatoms. The minimum absolute atomic E-state index is 0.154. The fraction of sp³-hybridized carbons (Fsp3) is 0.0952. The molecule has 0 fully saturated rings. The van der Waals surface area contributed by atoms with Crippen molar-refractivity contribution in [1.82, 2.24) is 20.3 Å². The van der Waals surface area contributed by atoms with Crippen LogP contribution in [0.3, 0.4) is 0 Å². The number of nitrogens with zero attached hydrogens (tertiary/aromatic N) is 3. The van der Waals surface area contributed by atoms with Gasteiger partial charge in [-0.25, -0.2) is 4.68 Å². The maximum atomic E-state index is 12.8. The van der Waals surface area contributed by atoms with Gasteiger partial charge in [0.05, 0.1) is 5.52 Å². The summed E-state index contributed by atoms with van der Waals surface area (Å²) in [5.41, 5.74) is 4.32. The smallest absolute Gasteiger partial charge is 0.253 e. The van der Waals surface area contributed by atoms with Crippen LogP contribution in [0.5, 0.6) is 0 Å². The van der Waals surface area contributed by atoms with Crippen molar-refractivity contribution in [2.24, 2.45) is 0 Å². The summed E-state index contributed by atoms with van der Waals surface area (Å²) < 4.78 is 1.75. The van der Waals surface area contributed by atoms with Crippen molar-refractivity contribution in [2.75, 3.05) is 0 Å². The second-order valence-electron chi connectivity index (χ2n) is 6.18. The first-order chi connectivity index (χ1) is 12.7. The second-order valence-corrected chi connectivity index (χ2v) is 6.18. The number of aromatic nitrogens is 3. The number of fused-ring (bicyclic) bond motifs is 1. The molecule has 4 aromatic rings. The molecule has 0 aliphatic rings. The number of nitrogens with one attached hydrogen (secondary N) is 1. The highest BCUT2D eigenvalue weighted by Gasteiger charge is 2.20. The Kier molecular flexibility index (Phi) is 4.19. The SMILES string of the molecule is Cc1ccc(C(=O)N[C@H](c2ccccc2)n2nnc3ccccc32)cc1. The summed E-state index contributed by atoms with van der Waals surface area (Å²) in [6, 6.07) is 25.0. The van der Waals surface area contributed by atoms with Gasteiger partial charge in [0.15, 0.2) is 6.17 Å². The summed E-state index contributed by atoms with van der Waals surface area (Å²) in [5.74, 6) is -0.154. The molecular weight excluding hydrogens is 324 g/mol. The van der Waals surface area contributed by atoms with Crippen molar-refractivity contribution in [3.63, 3.8) is 0 Å². The molecule has 26 heavy (non-hydrogen) atoms. The normalized spacial score (nSPS) is 12.0. The van der Waals surface area contributed by atoms with Crippen molar-refractivity contribution in [3.05, 3.63) is 95.6 Å². The van der Waals surface area contributed by atoms with Gasteiger partial charge in [0, 0.05) is 5.56 Å². The first-order valence-corrected chi connectivity index (χ1v) is 8.45. The lowest BCUT2D eigenvalue weighted by atomic mass is 10.1. The van der Waals surface area contributed by atoms with Gasteiger partial charge in [-0.15, -0.1) is 5.10 Å². The lowest BCUT2D eigenvalue weighted by Crippen LogP contribution is -2.33. The molecule has 1 aromatic heterocycles. The quantitative estimate of drug-likeness (QED) is 0.615. The van der Waals surface area contributed by atoms with Gasteiger partial charge >= 0.3 is 0 Å². The molecule has 0 unspecified atom stereocenters. The Bertz CT molecular complexity index is 1040. The Morgan fingerprint density at radius 1 is 0.923 bits per heavy atom. The standard InChI is InChI=1S/C21H18N4O/c1-15-11-13-17(14-12-15)21(26)22-20(16-7-3-2-4-8-16)25-19-10-6-5-9-18(19)23-24-25/h2-14,20H,1H3,(H,22,26)/t20-/m0/s1. The molecule has 0 saturated heterocycles. The summed E-state index contributed by atoms with van der Waals surface area (Å²) in [6.45, 7) is 2.00. The monoisotopic (exact) mass is 342 g/mol. The zero-order valence-corrected chi connectivity index (χ0v) is 14.3. The molecule has 5 nitrogen and oxygen atoms in total. The minimum atomic E-state index is -0.447. The Labute approximate surface area is 151 Å². The maximum absolute atomic E-state index is 12.8. The fourth-order valence-corrected chi connectivity index (χ4v) is 2.91. The van der Waals surface area contributed by atoms with Crippen LogP contribution in [0.15, 0.2) is 78.9 Å². The zero-order valence-electron chi connectivity index (χ0n) is 14.3. The van der Waals surface area contributed by atoms with E-state index in [4.69, 9.17) is 0 Å². The number of aryl methyl sites for hydroxylation is 1. The van der Waals surface area contributed by atoms with Gasteiger partial charge < -0.3 is 5.32 Å². The van der Waals surface area contributed by atoms with Crippen LogP contribution in [0.2, 0.25) is 0 Å². The third-order valence-electron chi connectivity index (χ3n) is 4.32. The van der Waals surface area contributed by atoms with Crippen molar-refractivity contribution in [2.45, 2.75) is 13.1 Å². The van der Waals surface area contributed by atoms with Crippen molar-refractivity contribution < 1.29 is 4.79 Å². The van der Waals surface area contributed by atoms with Crippen LogP contribution in [0.1, 0.15) is 27.7 Å². The first-order valence-electron chi connectivity index (χ1n) is 8.45. The summed E-state index contributed by atoms with van der Waals surface area (Å²) >= 11 is 0. The Morgan fingerprint density at radius 2 is 1.62 bits per heavy atom. The number of amides is 1. The van der Waals surface area contributed by atoms with Crippen molar-refractivity contribution in [1.29, 1.82) is 0 Å². The van der Waals surface area contributed by atoms with Crippen LogP contribution >= 0.6 is 0 Å². The predicted octanol–water partition coefficient (Wildman–Crippen LogP) is 3.72. The number of hydrogen-bond acceptors (Lipinski definition) is 3. The molecule has 0 aliphatic carbocycles. The molecule has 0 bridgehead atoms. The van der Waals surface area contributed by atoms with E-state index in [1.807, 2.05) is 85.8 Å². The van der Waals surface area contributed by atoms with Gasteiger partial charge in [-0.1, -0.05) is 65.4 Å². The topological polar surface area (TPSA) is 59.8 Å². The molecule has 1 N–H and O–H groups in total. The van der Waals surface area contributed by atoms with E-state index in [1.165, 1.54) is 0 Å². The van der Waals surface area contributed by atoms with E-state index >= 15 is 0 Å². The van der Waals surface area contributed by atoms with Gasteiger partial charge in [0.25, 0.3) is 5.91 Å². The molecular formula is C21H18N4O. The lowest BCUT2D eigenvalue weighted by Gasteiger charge is -2.20. The number of para-hydroxylation sites is 1. The largest absolute Gasteiger partial charge is 0.326 e. The fourth-order valence-electron chi connectivity index (χ4n) is 2.91. The molecule has 0 radical (unpaired) electrons. The number of hydrogen-bond donors (Lipinski definition) is 1. The molecule has 3 aromatic carbocycles. The number of rotatable bonds is 4. The summed E-state index contributed by atoms with van der Waals surface area (Å²) in [6.07, 6.45) is -0.447. The lowest BCUT2D eigenvalue weighted by molar-refractivity contribution is 0.0927. The molecule has 1 heterocycles. The van der Waals surface area contributed by atoms with Gasteiger partial charge in [-0.2, -0.15) is 0 Å². The van der Waals surface area contributed by atoms with Gasteiger partial charge in [-0.05, 0) is 36.8 Å². The molecule has 128 valence electrons. The van der Waals surface area contributed by atoms with Crippen LogP contribution in [-0.2, 0) is 0 Å². The van der Waals surface area contributed by atoms with E-state index in [0.29, 0.717) is 5.56 Å². The third-order valence-corrected chi connectivity index (χ3v) is 4.32. The van der Waals surface area contributed by atoms with Crippen molar-refractivity contribution in [3.8, 4) is 0 Å². The highest BCUT2D eigenvalue weighted by molar-refractivity contribution is 5.94. The van der Waals surface area contributed by atoms with Crippen LogP contribution in [-0.4, -0.2) is 20.9 Å². The van der Waals surface area contributed by atoms with Crippen LogP contribution in [0.25, 0.3) is 11.0 Å². The van der Waals surface area contributed by atoms with Crippen LogP contribution in [0, 0.1) is 6.92 Å². The average molecular weight is 342 g/mol.